The predicted molar refractivity (Wildman–Crippen MR) is 102 cm³/mol. The number of carbonyl (C=O) groups is 1. The van der Waals surface area contributed by atoms with E-state index in [-0.39, 0.29) is 18.0 Å². The standard InChI is InChI=1S/C19H27N3O2S/c1-4-8-21(9-5-2)16(23)11-22-12-20-18-17(19(22)24)14-7-6-13(3)10-15(14)25-18/h12-13H,4-11H2,1-3H3. The molecule has 2 aromatic rings. The van der Waals surface area contributed by atoms with Crippen LogP contribution in [0.25, 0.3) is 10.2 Å². The van der Waals surface area contributed by atoms with E-state index in [0.717, 1.165) is 55.4 Å². The number of aromatic nitrogens is 2. The van der Waals surface area contributed by atoms with Crippen molar-refractivity contribution >= 4 is 27.5 Å². The number of aryl methyl sites for hydroxylation is 1. The highest BCUT2D eigenvalue weighted by Gasteiger charge is 2.23. The Balaban J connectivity index is 1.91. The molecule has 0 saturated heterocycles. The van der Waals surface area contributed by atoms with Crippen LogP contribution < -0.4 is 5.56 Å². The van der Waals surface area contributed by atoms with Gasteiger partial charge in [0.2, 0.25) is 5.91 Å². The third kappa shape index (κ3) is 3.64. The van der Waals surface area contributed by atoms with Crippen molar-refractivity contribution < 1.29 is 4.79 Å². The van der Waals surface area contributed by atoms with E-state index in [1.807, 2.05) is 4.90 Å². The summed E-state index contributed by atoms with van der Waals surface area (Å²) in [6.07, 6.45) is 6.50. The molecule has 6 heteroatoms. The average Bonchev–Trinajstić information content (AvgIpc) is 2.95. The van der Waals surface area contributed by atoms with Crippen molar-refractivity contribution in [1.29, 1.82) is 0 Å². The molecule has 2 heterocycles. The summed E-state index contributed by atoms with van der Waals surface area (Å²) in [6, 6.07) is 0. The van der Waals surface area contributed by atoms with Gasteiger partial charge in [0.15, 0.2) is 0 Å². The van der Waals surface area contributed by atoms with Gasteiger partial charge in [-0.05, 0) is 43.6 Å². The highest BCUT2D eigenvalue weighted by molar-refractivity contribution is 7.18. The summed E-state index contributed by atoms with van der Waals surface area (Å²) >= 11 is 1.65. The second-order valence-corrected chi connectivity index (χ2v) is 8.17. The first-order valence-electron chi connectivity index (χ1n) is 9.32. The number of carbonyl (C=O) groups excluding carboxylic acids is 1. The van der Waals surface area contributed by atoms with Crippen LogP contribution in [0.3, 0.4) is 0 Å². The minimum Gasteiger partial charge on any atom is -0.341 e. The van der Waals surface area contributed by atoms with Gasteiger partial charge in [0.1, 0.15) is 11.4 Å². The van der Waals surface area contributed by atoms with Gasteiger partial charge in [-0.1, -0.05) is 20.8 Å². The van der Waals surface area contributed by atoms with E-state index in [2.05, 4.69) is 25.8 Å². The van der Waals surface area contributed by atoms with Crippen LogP contribution in [0.1, 0.15) is 50.5 Å². The lowest BCUT2D eigenvalue weighted by Gasteiger charge is -2.21. The van der Waals surface area contributed by atoms with Crippen molar-refractivity contribution in [3.8, 4) is 0 Å². The van der Waals surface area contributed by atoms with E-state index < -0.39 is 0 Å². The summed E-state index contributed by atoms with van der Waals surface area (Å²) in [5.41, 5.74) is 1.12. The number of rotatable bonds is 6. The zero-order valence-corrected chi connectivity index (χ0v) is 16.2. The molecule has 0 fully saturated rings. The quantitative estimate of drug-likeness (QED) is 0.794. The Hall–Kier alpha value is -1.69. The largest absolute Gasteiger partial charge is 0.341 e. The van der Waals surface area contributed by atoms with E-state index in [0.29, 0.717) is 5.92 Å². The minimum absolute atomic E-state index is 0.00432. The molecule has 1 atom stereocenters. The summed E-state index contributed by atoms with van der Waals surface area (Å²) in [5.74, 6) is 0.672. The molecular formula is C19H27N3O2S. The predicted octanol–water partition coefficient (Wildman–Crippen LogP) is 3.23. The van der Waals surface area contributed by atoms with Crippen LogP contribution in [0, 0.1) is 5.92 Å². The Bertz CT molecular complexity index is 818. The Labute approximate surface area is 152 Å². The highest BCUT2D eigenvalue weighted by Crippen LogP contribution is 2.35. The number of hydrogen-bond donors (Lipinski definition) is 0. The fourth-order valence-electron chi connectivity index (χ4n) is 3.63. The van der Waals surface area contributed by atoms with Gasteiger partial charge >= 0.3 is 0 Å². The Morgan fingerprint density at radius 2 is 2.08 bits per heavy atom. The topological polar surface area (TPSA) is 55.2 Å². The van der Waals surface area contributed by atoms with Gasteiger partial charge in [-0.25, -0.2) is 4.98 Å². The van der Waals surface area contributed by atoms with Crippen molar-refractivity contribution in [3.63, 3.8) is 0 Å². The molecule has 0 spiro atoms. The van der Waals surface area contributed by atoms with Crippen LogP contribution in [0.15, 0.2) is 11.1 Å². The molecule has 0 bridgehead atoms. The second-order valence-electron chi connectivity index (χ2n) is 7.09. The zero-order chi connectivity index (χ0) is 18.0. The third-order valence-corrected chi connectivity index (χ3v) is 6.09. The monoisotopic (exact) mass is 361 g/mol. The fraction of sp³-hybridized carbons (Fsp3) is 0.632. The van der Waals surface area contributed by atoms with Crippen molar-refractivity contribution in [2.75, 3.05) is 13.1 Å². The average molecular weight is 362 g/mol. The van der Waals surface area contributed by atoms with Crippen molar-refractivity contribution in [1.82, 2.24) is 14.5 Å². The van der Waals surface area contributed by atoms with Gasteiger partial charge in [0.25, 0.3) is 5.56 Å². The van der Waals surface area contributed by atoms with Gasteiger partial charge in [-0.3, -0.25) is 14.2 Å². The SMILES string of the molecule is CCCN(CCC)C(=O)Cn1cnc2sc3c(c2c1=O)CCC(C)C3. The van der Waals surface area contributed by atoms with Crippen LogP contribution in [-0.4, -0.2) is 33.4 Å². The van der Waals surface area contributed by atoms with Gasteiger partial charge in [-0.15, -0.1) is 11.3 Å². The smallest absolute Gasteiger partial charge is 0.262 e. The molecular weight excluding hydrogens is 334 g/mol. The Morgan fingerprint density at radius 1 is 1.36 bits per heavy atom. The number of amides is 1. The number of fused-ring (bicyclic) bond motifs is 3. The van der Waals surface area contributed by atoms with E-state index in [1.54, 1.807) is 17.7 Å². The highest BCUT2D eigenvalue weighted by atomic mass is 32.1. The van der Waals surface area contributed by atoms with E-state index >= 15 is 0 Å². The van der Waals surface area contributed by atoms with E-state index in [4.69, 9.17) is 0 Å². The van der Waals surface area contributed by atoms with Gasteiger partial charge < -0.3 is 4.90 Å². The maximum atomic E-state index is 13.0. The number of thiophene rings is 1. The Morgan fingerprint density at radius 3 is 2.76 bits per heavy atom. The molecule has 1 amide bonds. The maximum Gasteiger partial charge on any atom is 0.262 e. The van der Waals surface area contributed by atoms with Crippen LogP contribution in [0.5, 0.6) is 0 Å². The molecule has 1 aliphatic rings. The molecule has 1 aliphatic carbocycles. The first kappa shape index (κ1) is 18.1. The van der Waals surface area contributed by atoms with Crippen molar-refractivity contribution in [2.24, 2.45) is 5.92 Å². The Kier molecular flexibility index (Phi) is 5.57. The first-order chi connectivity index (χ1) is 12.0. The molecule has 0 aromatic carbocycles. The lowest BCUT2D eigenvalue weighted by atomic mass is 9.89. The maximum absolute atomic E-state index is 13.0. The molecule has 136 valence electrons. The first-order valence-corrected chi connectivity index (χ1v) is 10.1. The third-order valence-electron chi connectivity index (χ3n) is 4.93. The second kappa shape index (κ2) is 7.68. The summed E-state index contributed by atoms with van der Waals surface area (Å²) in [5, 5.41) is 0.750. The van der Waals surface area contributed by atoms with Gasteiger partial charge in [-0.2, -0.15) is 0 Å². The molecule has 25 heavy (non-hydrogen) atoms. The lowest BCUT2D eigenvalue weighted by molar-refractivity contribution is -0.132. The van der Waals surface area contributed by atoms with Gasteiger partial charge in [0.05, 0.1) is 11.7 Å². The summed E-state index contributed by atoms with van der Waals surface area (Å²) < 4.78 is 1.49. The summed E-state index contributed by atoms with van der Waals surface area (Å²) in [6.45, 7) is 7.95. The molecule has 0 radical (unpaired) electrons. The van der Waals surface area contributed by atoms with Crippen LogP contribution in [0.2, 0.25) is 0 Å². The normalized spacial score (nSPS) is 16.8. The molecule has 2 aromatic heterocycles. The number of nitrogens with zero attached hydrogens (tertiary/aromatic N) is 3. The van der Waals surface area contributed by atoms with Crippen LogP contribution in [-0.2, 0) is 24.2 Å². The molecule has 1 unspecified atom stereocenters. The molecule has 3 rings (SSSR count). The van der Waals surface area contributed by atoms with Crippen molar-refractivity contribution in [2.45, 2.75) is 59.4 Å². The lowest BCUT2D eigenvalue weighted by Crippen LogP contribution is -2.37. The van der Waals surface area contributed by atoms with Crippen LogP contribution >= 0.6 is 11.3 Å². The molecule has 0 saturated carbocycles. The summed E-state index contributed by atoms with van der Waals surface area (Å²) in [4.78, 5) is 34.0. The zero-order valence-electron chi connectivity index (χ0n) is 15.4. The number of hydrogen-bond acceptors (Lipinski definition) is 4. The van der Waals surface area contributed by atoms with E-state index in [1.165, 1.54) is 15.0 Å². The van der Waals surface area contributed by atoms with Crippen LogP contribution in [0.4, 0.5) is 0 Å². The van der Waals surface area contributed by atoms with Crippen molar-refractivity contribution in [3.05, 3.63) is 27.1 Å². The molecule has 0 N–H and O–H groups in total. The molecule has 5 nitrogen and oxygen atoms in total. The minimum atomic E-state index is -0.0571. The van der Waals surface area contributed by atoms with E-state index in [9.17, 15) is 9.59 Å². The molecule has 0 aliphatic heterocycles. The van der Waals surface area contributed by atoms with Gasteiger partial charge in [0, 0.05) is 18.0 Å². The fourth-order valence-corrected chi connectivity index (χ4v) is 4.97. The summed E-state index contributed by atoms with van der Waals surface area (Å²) in [7, 11) is 0.